The Morgan fingerprint density at radius 1 is 1.42 bits per heavy atom. The summed E-state index contributed by atoms with van der Waals surface area (Å²) in [5.74, 6) is -0.0154. The lowest BCUT2D eigenvalue weighted by Crippen LogP contribution is -2.28. The van der Waals surface area contributed by atoms with Crippen LogP contribution in [0.3, 0.4) is 0 Å². The average molecular weight is 330 g/mol. The van der Waals surface area contributed by atoms with E-state index >= 15 is 0 Å². The molecule has 0 amide bonds. The summed E-state index contributed by atoms with van der Waals surface area (Å²) in [5.41, 5.74) is 0.839. The summed E-state index contributed by atoms with van der Waals surface area (Å²) in [6.07, 6.45) is 9.23. The highest BCUT2D eigenvalue weighted by molar-refractivity contribution is 9.09. The van der Waals surface area contributed by atoms with Crippen LogP contribution >= 0.6 is 15.9 Å². The van der Waals surface area contributed by atoms with E-state index in [4.69, 9.17) is 0 Å². The molecule has 106 valence electrons. The van der Waals surface area contributed by atoms with Crippen molar-refractivity contribution in [2.45, 2.75) is 52.0 Å². The first kappa shape index (κ1) is 14.5. The Labute approximate surface area is 121 Å². The van der Waals surface area contributed by atoms with Gasteiger partial charge in [-0.25, -0.2) is 0 Å². The standard InChI is InChI=1S/C13H20BrN3O2/c1-11-8-16(15-12(11)17(18)19)10-13(9-14)6-4-2-3-5-7-13/h8H,2-7,9-10H2,1H3. The number of aryl methyl sites for hydroxylation is 1. The Bertz CT molecular complexity index is 451. The zero-order valence-electron chi connectivity index (χ0n) is 11.3. The fraction of sp³-hybridized carbons (Fsp3) is 0.769. The Kier molecular flexibility index (Phi) is 4.60. The van der Waals surface area contributed by atoms with Gasteiger partial charge in [0.25, 0.3) is 0 Å². The third-order valence-electron chi connectivity index (χ3n) is 4.04. The number of nitro groups is 1. The van der Waals surface area contributed by atoms with Crippen molar-refractivity contribution in [1.29, 1.82) is 0 Å². The first-order chi connectivity index (χ1) is 9.06. The molecule has 0 atom stereocenters. The molecule has 19 heavy (non-hydrogen) atoms. The van der Waals surface area contributed by atoms with Crippen LogP contribution in [0.1, 0.15) is 44.1 Å². The second-order valence-electron chi connectivity index (χ2n) is 5.64. The average Bonchev–Trinajstić information content (AvgIpc) is 2.60. The number of halogens is 1. The van der Waals surface area contributed by atoms with E-state index in [2.05, 4.69) is 21.0 Å². The molecule has 1 aliphatic rings. The van der Waals surface area contributed by atoms with Crippen LogP contribution < -0.4 is 0 Å². The molecule has 0 spiro atoms. The molecule has 2 rings (SSSR count). The second-order valence-corrected chi connectivity index (χ2v) is 6.20. The molecule has 0 aliphatic heterocycles. The van der Waals surface area contributed by atoms with Gasteiger partial charge < -0.3 is 10.1 Å². The van der Waals surface area contributed by atoms with Gasteiger partial charge in [-0.1, -0.05) is 41.6 Å². The van der Waals surface area contributed by atoms with Crippen molar-refractivity contribution in [1.82, 2.24) is 9.78 Å². The smallest absolute Gasteiger partial charge is 0.358 e. The molecular formula is C13H20BrN3O2. The molecule has 5 nitrogen and oxygen atoms in total. The summed E-state index contributed by atoms with van der Waals surface area (Å²) in [6, 6.07) is 0. The molecule has 1 heterocycles. The third-order valence-corrected chi connectivity index (χ3v) is 5.23. The zero-order chi connectivity index (χ0) is 13.9. The van der Waals surface area contributed by atoms with Gasteiger partial charge in [0.1, 0.15) is 0 Å². The van der Waals surface area contributed by atoms with Crippen LogP contribution in [0.5, 0.6) is 0 Å². The maximum absolute atomic E-state index is 10.9. The Morgan fingerprint density at radius 2 is 2.05 bits per heavy atom. The van der Waals surface area contributed by atoms with Gasteiger partial charge in [0.05, 0.1) is 23.4 Å². The summed E-state index contributed by atoms with van der Waals surface area (Å²) in [4.78, 5) is 10.4. The highest BCUT2D eigenvalue weighted by Crippen LogP contribution is 2.38. The van der Waals surface area contributed by atoms with Crippen LogP contribution in [-0.4, -0.2) is 20.0 Å². The maximum atomic E-state index is 10.9. The van der Waals surface area contributed by atoms with Gasteiger partial charge in [-0.05, 0) is 24.7 Å². The lowest BCUT2D eigenvalue weighted by atomic mass is 9.82. The molecular weight excluding hydrogens is 310 g/mol. The minimum Gasteiger partial charge on any atom is -0.358 e. The number of aromatic nitrogens is 2. The largest absolute Gasteiger partial charge is 0.392 e. The number of hydrogen-bond donors (Lipinski definition) is 0. The van der Waals surface area contributed by atoms with Gasteiger partial charge in [0, 0.05) is 10.7 Å². The number of rotatable bonds is 4. The first-order valence-corrected chi connectivity index (χ1v) is 7.93. The minimum atomic E-state index is -0.403. The summed E-state index contributed by atoms with van der Waals surface area (Å²) < 4.78 is 1.76. The van der Waals surface area contributed by atoms with E-state index in [1.807, 2.05) is 0 Å². The fourth-order valence-electron chi connectivity index (χ4n) is 2.93. The highest BCUT2D eigenvalue weighted by Gasteiger charge is 2.32. The molecule has 0 saturated heterocycles. The summed E-state index contributed by atoms with van der Waals surface area (Å²) in [6.45, 7) is 2.52. The number of alkyl halides is 1. The monoisotopic (exact) mass is 329 g/mol. The van der Waals surface area contributed by atoms with Crippen LogP contribution in [0.25, 0.3) is 0 Å². The second kappa shape index (κ2) is 6.03. The van der Waals surface area contributed by atoms with Crippen molar-refractivity contribution in [2.75, 3.05) is 5.33 Å². The molecule has 1 fully saturated rings. The molecule has 0 bridgehead atoms. The van der Waals surface area contributed by atoms with Crippen LogP contribution in [0, 0.1) is 22.5 Å². The van der Waals surface area contributed by atoms with Gasteiger partial charge in [-0.2, -0.15) is 4.68 Å². The number of nitrogens with zero attached hydrogens (tertiary/aromatic N) is 3. The minimum absolute atomic E-state index is 0.0154. The quantitative estimate of drug-likeness (QED) is 0.365. The molecule has 1 saturated carbocycles. The van der Waals surface area contributed by atoms with Crippen molar-refractivity contribution in [3.8, 4) is 0 Å². The van der Waals surface area contributed by atoms with Crippen LogP contribution in [0.4, 0.5) is 5.82 Å². The lowest BCUT2D eigenvalue weighted by molar-refractivity contribution is -0.390. The fourth-order valence-corrected chi connectivity index (χ4v) is 3.67. The molecule has 1 aromatic heterocycles. The van der Waals surface area contributed by atoms with Gasteiger partial charge >= 0.3 is 5.82 Å². The van der Waals surface area contributed by atoms with Crippen LogP contribution in [0.15, 0.2) is 6.20 Å². The molecule has 6 heteroatoms. The van der Waals surface area contributed by atoms with Gasteiger partial charge in [0.2, 0.25) is 0 Å². The van der Waals surface area contributed by atoms with E-state index in [1.54, 1.807) is 17.8 Å². The normalized spacial score (nSPS) is 19.1. The SMILES string of the molecule is Cc1cn(CC2(CBr)CCCCCC2)nc1[N+](=O)[O-]. The van der Waals surface area contributed by atoms with Crippen molar-refractivity contribution in [2.24, 2.45) is 5.41 Å². The van der Waals surface area contributed by atoms with Crippen LogP contribution in [-0.2, 0) is 6.54 Å². The van der Waals surface area contributed by atoms with Gasteiger partial charge in [-0.15, -0.1) is 0 Å². The predicted molar refractivity (Wildman–Crippen MR) is 77.5 cm³/mol. The van der Waals surface area contributed by atoms with Gasteiger partial charge in [-0.3, -0.25) is 0 Å². The summed E-state index contributed by atoms with van der Waals surface area (Å²) >= 11 is 3.64. The van der Waals surface area contributed by atoms with E-state index < -0.39 is 4.92 Å². The van der Waals surface area contributed by atoms with Crippen molar-refractivity contribution >= 4 is 21.7 Å². The van der Waals surface area contributed by atoms with Crippen LogP contribution in [0.2, 0.25) is 0 Å². The summed E-state index contributed by atoms with van der Waals surface area (Å²) in [5, 5.41) is 15.9. The zero-order valence-corrected chi connectivity index (χ0v) is 12.9. The summed E-state index contributed by atoms with van der Waals surface area (Å²) in [7, 11) is 0. The molecule has 0 radical (unpaired) electrons. The highest BCUT2D eigenvalue weighted by atomic mass is 79.9. The molecule has 0 N–H and O–H groups in total. The molecule has 1 aromatic rings. The topological polar surface area (TPSA) is 61.0 Å². The Balaban J connectivity index is 2.17. The lowest BCUT2D eigenvalue weighted by Gasteiger charge is -2.29. The van der Waals surface area contributed by atoms with E-state index in [1.165, 1.54) is 38.5 Å². The van der Waals surface area contributed by atoms with E-state index in [-0.39, 0.29) is 11.2 Å². The Morgan fingerprint density at radius 3 is 2.53 bits per heavy atom. The molecule has 0 aromatic carbocycles. The van der Waals surface area contributed by atoms with E-state index in [0.717, 1.165) is 11.9 Å². The Hall–Kier alpha value is -0.910. The predicted octanol–water partition coefficient (Wildman–Crippen LogP) is 3.84. The van der Waals surface area contributed by atoms with Crippen molar-refractivity contribution in [3.05, 3.63) is 21.9 Å². The molecule has 1 aliphatic carbocycles. The third kappa shape index (κ3) is 3.35. The first-order valence-electron chi connectivity index (χ1n) is 6.81. The number of hydrogen-bond acceptors (Lipinski definition) is 3. The van der Waals surface area contributed by atoms with Crippen molar-refractivity contribution < 1.29 is 4.92 Å². The van der Waals surface area contributed by atoms with E-state index in [9.17, 15) is 10.1 Å². The van der Waals surface area contributed by atoms with E-state index in [0.29, 0.717) is 5.56 Å². The van der Waals surface area contributed by atoms with Gasteiger partial charge in [0.15, 0.2) is 0 Å². The van der Waals surface area contributed by atoms with Crippen molar-refractivity contribution in [3.63, 3.8) is 0 Å². The molecule has 0 unspecified atom stereocenters. The maximum Gasteiger partial charge on any atom is 0.392 e.